The van der Waals surface area contributed by atoms with Gasteiger partial charge in [-0.1, -0.05) is 38.1 Å². The Kier molecular flexibility index (Phi) is 9.75. The van der Waals surface area contributed by atoms with E-state index in [0.717, 1.165) is 30.9 Å². The third-order valence-corrected chi connectivity index (χ3v) is 6.57. The van der Waals surface area contributed by atoms with Gasteiger partial charge in [-0.05, 0) is 76.7 Å². The second-order valence-electron chi connectivity index (χ2n) is 10.1. The highest BCUT2D eigenvalue weighted by atomic mass is 16.5. The lowest BCUT2D eigenvalue weighted by Gasteiger charge is -2.27. The molecule has 7 nitrogen and oxygen atoms in total. The highest BCUT2D eigenvalue weighted by molar-refractivity contribution is 6.46. The zero-order valence-corrected chi connectivity index (χ0v) is 23.0. The molecule has 2 aromatic carbocycles. The molecule has 200 valence electrons. The van der Waals surface area contributed by atoms with Crippen LogP contribution in [0.2, 0.25) is 0 Å². The van der Waals surface area contributed by atoms with E-state index in [2.05, 4.69) is 32.6 Å². The van der Waals surface area contributed by atoms with Gasteiger partial charge in [0.2, 0.25) is 0 Å². The normalized spacial score (nSPS) is 17.2. The summed E-state index contributed by atoms with van der Waals surface area (Å²) in [5.74, 6) is -0.456. The Morgan fingerprint density at radius 1 is 1.05 bits per heavy atom. The number of anilines is 1. The Morgan fingerprint density at radius 2 is 1.73 bits per heavy atom. The van der Waals surface area contributed by atoms with Crippen molar-refractivity contribution in [2.45, 2.75) is 40.2 Å². The van der Waals surface area contributed by atoms with Gasteiger partial charge in [-0.15, -0.1) is 0 Å². The third-order valence-electron chi connectivity index (χ3n) is 6.57. The van der Waals surface area contributed by atoms with Crippen molar-refractivity contribution in [3.8, 4) is 5.75 Å². The number of carbonyl (C=O) groups is 2. The SMILES string of the molecule is CCN(CC)c1ccc(C2/C(=C(/O)c3cccc(OCC(C)C)c3)C(=O)C(=O)N2CCCN(C)C)cc1. The highest BCUT2D eigenvalue weighted by Gasteiger charge is 2.45. The first-order chi connectivity index (χ1) is 17.7. The minimum absolute atomic E-state index is 0.117. The fourth-order valence-corrected chi connectivity index (χ4v) is 4.62. The Hall–Kier alpha value is -3.32. The van der Waals surface area contributed by atoms with Crippen LogP contribution in [0.1, 0.15) is 51.3 Å². The molecule has 0 radical (unpaired) electrons. The van der Waals surface area contributed by atoms with Crippen LogP contribution in [-0.2, 0) is 9.59 Å². The quantitative estimate of drug-likeness (QED) is 0.249. The van der Waals surface area contributed by atoms with Crippen LogP contribution in [0.15, 0.2) is 54.1 Å². The highest BCUT2D eigenvalue weighted by Crippen LogP contribution is 2.40. The summed E-state index contributed by atoms with van der Waals surface area (Å²) >= 11 is 0. The molecule has 1 fully saturated rings. The van der Waals surface area contributed by atoms with Crippen LogP contribution in [0.5, 0.6) is 5.75 Å². The first-order valence-electron chi connectivity index (χ1n) is 13.2. The van der Waals surface area contributed by atoms with Crippen molar-refractivity contribution in [2.75, 3.05) is 51.8 Å². The summed E-state index contributed by atoms with van der Waals surface area (Å²) in [6.07, 6.45) is 0.715. The van der Waals surface area contributed by atoms with Gasteiger partial charge in [-0.3, -0.25) is 9.59 Å². The number of aliphatic hydroxyl groups excluding tert-OH is 1. The average molecular weight is 508 g/mol. The van der Waals surface area contributed by atoms with E-state index in [0.29, 0.717) is 36.8 Å². The molecule has 37 heavy (non-hydrogen) atoms. The molecule has 0 saturated carbocycles. The Morgan fingerprint density at radius 3 is 2.32 bits per heavy atom. The van der Waals surface area contributed by atoms with Crippen LogP contribution in [0.4, 0.5) is 5.69 Å². The van der Waals surface area contributed by atoms with E-state index < -0.39 is 17.7 Å². The maximum absolute atomic E-state index is 13.3. The van der Waals surface area contributed by atoms with Gasteiger partial charge >= 0.3 is 0 Å². The Bertz CT molecular complexity index is 1100. The van der Waals surface area contributed by atoms with Crippen molar-refractivity contribution in [3.63, 3.8) is 0 Å². The van der Waals surface area contributed by atoms with Gasteiger partial charge in [-0.25, -0.2) is 0 Å². The van der Waals surface area contributed by atoms with Crippen molar-refractivity contribution in [2.24, 2.45) is 5.92 Å². The zero-order valence-electron chi connectivity index (χ0n) is 23.0. The number of rotatable bonds is 12. The number of nitrogens with zero attached hydrogens (tertiary/aromatic N) is 3. The minimum atomic E-state index is -0.659. The van der Waals surface area contributed by atoms with Crippen LogP contribution < -0.4 is 9.64 Å². The molecule has 1 aliphatic heterocycles. The number of likely N-dealkylation sites (tertiary alicyclic amines) is 1. The molecule has 2 aromatic rings. The smallest absolute Gasteiger partial charge is 0.295 e. The lowest BCUT2D eigenvalue weighted by Crippen LogP contribution is -2.32. The molecule has 0 bridgehead atoms. The molecule has 1 aliphatic rings. The van der Waals surface area contributed by atoms with Gasteiger partial charge in [0.15, 0.2) is 0 Å². The van der Waals surface area contributed by atoms with Crippen LogP contribution in [0, 0.1) is 5.92 Å². The standard InChI is InChI=1S/C30H41N3O4/c1-7-32(8-2)24-15-13-22(14-16-24)27-26(29(35)30(36)33(27)18-10-17-31(5)6)28(34)23-11-9-12-25(19-23)37-20-21(3)4/h9,11-16,19,21,27,34H,7-8,10,17-18,20H2,1-6H3/b28-26-. The monoisotopic (exact) mass is 507 g/mol. The Balaban J connectivity index is 2.05. The lowest BCUT2D eigenvalue weighted by atomic mass is 9.95. The first kappa shape index (κ1) is 28.3. The number of benzene rings is 2. The second kappa shape index (κ2) is 12.8. The summed E-state index contributed by atoms with van der Waals surface area (Å²) in [6.45, 7) is 11.8. The average Bonchev–Trinajstić information content (AvgIpc) is 3.13. The summed E-state index contributed by atoms with van der Waals surface area (Å²) < 4.78 is 5.83. The van der Waals surface area contributed by atoms with E-state index in [1.54, 1.807) is 23.1 Å². The van der Waals surface area contributed by atoms with Crippen LogP contribution in [0.3, 0.4) is 0 Å². The van der Waals surface area contributed by atoms with Gasteiger partial charge in [-0.2, -0.15) is 0 Å². The molecular formula is C30H41N3O4. The molecule has 1 heterocycles. The number of hydrogen-bond donors (Lipinski definition) is 1. The summed E-state index contributed by atoms with van der Waals surface area (Å²) in [5, 5.41) is 11.4. The summed E-state index contributed by atoms with van der Waals surface area (Å²) in [5.41, 5.74) is 2.45. The fraction of sp³-hybridized carbons (Fsp3) is 0.467. The van der Waals surface area contributed by atoms with Crippen molar-refractivity contribution >= 4 is 23.1 Å². The van der Waals surface area contributed by atoms with E-state index in [1.807, 2.05) is 49.3 Å². The molecule has 1 saturated heterocycles. The molecule has 1 amide bonds. The maximum Gasteiger partial charge on any atom is 0.295 e. The number of aliphatic hydroxyl groups is 1. The summed E-state index contributed by atoms with van der Waals surface area (Å²) in [4.78, 5) is 32.4. The maximum atomic E-state index is 13.3. The molecular weight excluding hydrogens is 466 g/mol. The first-order valence-corrected chi connectivity index (χ1v) is 13.2. The van der Waals surface area contributed by atoms with E-state index in [9.17, 15) is 14.7 Å². The number of ketones is 1. The van der Waals surface area contributed by atoms with E-state index in [-0.39, 0.29) is 11.3 Å². The Labute approximate surface area is 221 Å². The molecule has 0 spiro atoms. The van der Waals surface area contributed by atoms with Gasteiger partial charge in [0.25, 0.3) is 11.7 Å². The largest absolute Gasteiger partial charge is 0.507 e. The van der Waals surface area contributed by atoms with E-state index >= 15 is 0 Å². The predicted molar refractivity (Wildman–Crippen MR) is 149 cm³/mol. The number of ether oxygens (including phenoxy) is 1. The van der Waals surface area contributed by atoms with Crippen molar-refractivity contribution < 1.29 is 19.4 Å². The molecule has 1 N–H and O–H groups in total. The van der Waals surface area contributed by atoms with Crippen molar-refractivity contribution in [1.29, 1.82) is 0 Å². The van der Waals surface area contributed by atoms with Gasteiger partial charge < -0.3 is 24.5 Å². The van der Waals surface area contributed by atoms with Gasteiger partial charge in [0, 0.05) is 30.9 Å². The van der Waals surface area contributed by atoms with E-state index in [4.69, 9.17) is 4.74 Å². The molecule has 1 atom stereocenters. The van der Waals surface area contributed by atoms with Crippen molar-refractivity contribution in [3.05, 3.63) is 65.2 Å². The van der Waals surface area contributed by atoms with Crippen LogP contribution >= 0.6 is 0 Å². The summed E-state index contributed by atoms with van der Waals surface area (Å²) in [7, 11) is 3.96. The number of carbonyl (C=O) groups excluding carboxylic acids is 2. The lowest BCUT2D eigenvalue weighted by molar-refractivity contribution is -0.139. The van der Waals surface area contributed by atoms with Crippen molar-refractivity contribution in [1.82, 2.24) is 9.80 Å². The predicted octanol–water partition coefficient (Wildman–Crippen LogP) is 4.94. The summed E-state index contributed by atoms with van der Waals surface area (Å²) in [6, 6.07) is 14.3. The third kappa shape index (κ3) is 6.72. The molecule has 7 heteroatoms. The van der Waals surface area contributed by atoms with Crippen LogP contribution in [0.25, 0.3) is 5.76 Å². The number of Topliss-reactive ketones (excluding diaryl/α,β-unsaturated/α-hetero) is 1. The topological polar surface area (TPSA) is 73.3 Å². The van der Waals surface area contributed by atoms with E-state index in [1.165, 1.54) is 0 Å². The molecule has 0 aliphatic carbocycles. The molecule has 3 rings (SSSR count). The zero-order chi connectivity index (χ0) is 27.1. The number of hydrogen-bond acceptors (Lipinski definition) is 6. The van der Waals surface area contributed by atoms with Crippen LogP contribution in [-0.4, -0.2) is 73.5 Å². The molecule has 1 unspecified atom stereocenters. The second-order valence-corrected chi connectivity index (χ2v) is 10.1. The van der Waals surface area contributed by atoms with Gasteiger partial charge in [0.05, 0.1) is 18.2 Å². The fourth-order valence-electron chi connectivity index (χ4n) is 4.62. The molecule has 0 aromatic heterocycles. The minimum Gasteiger partial charge on any atom is -0.507 e. The number of amides is 1. The van der Waals surface area contributed by atoms with Gasteiger partial charge in [0.1, 0.15) is 11.5 Å².